The van der Waals surface area contributed by atoms with Gasteiger partial charge in [-0.05, 0) is 128 Å². The Morgan fingerprint density at radius 2 is 0.491 bits per heavy atom. The van der Waals surface area contributed by atoms with Crippen LogP contribution in [0, 0.1) is 0 Å². The molecule has 0 aromatic carbocycles. The molecule has 106 heavy (non-hydrogen) atoms. The van der Waals surface area contributed by atoms with Crippen molar-refractivity contribution in [2.24, 2.45) is 0 Å². The summed E-state index contributed by atoms with van der Waals surface area (Å²) in [5.41, 5.74) is 0. The van der Waals surface area contributed by atoms with Crippen LogP contribution in [0.15, 0.2) is 122 Å². The molecule has 0 aliphatic heterocycles. The highest BCUT2D eigenvalue weighted by atomic mass is 31.2. The predicted molar refractivity (Wildman–Crippen MR) is 436 cm³/mol. The van der Waals surface area contributed by atoms with E-state index >= 15 is 0 Å². The van der Waals surface area contributed by atoms with E-state index < -0.39 is 97.5 Å². The van der Waals surface area contributed by atoms with Crippen LogP contribution >= 0.6 is 15.6 Å². The predicted octanol–water partition coefficient (Wildman–Crippen LogP) is 24.7. The lowest BCUT2D eigenvalue weighted by molar-refractivity contribution is -0.161. The quantitative estimate of drug-likeness (QED) is 0.0169. The number of unbranched alkanes of at least 4 members (excludes halogenated alkanes) is 32. The fraction of sp³-hybridized carbons (Fsp3) is 0.724. The van der Waals surface area contributed by atoms with E-state index in [4.69, 9.17) is 37.0 Å². The van der Waals surface area contributed by atoms with Gasteiger partial charge in [-0.2, -0.15) is 0 Å². The highest BCUT2D eigenvalue weighted by Gasteiger charge is 2.30. The third-order valence-electron chi connectivity index (χ3n) is 17.4. The van der Waals surface area contributed by atoms with Crippen molar-refractivity contribution in [2.45, 2.75) is 367 Å². The lowest BCUT2D eigenvalue weighted by Crippen LogP contribution is -2.30. The number of aliphatic hydroxyl groups excluding tert-OH is 1. The Kier molecular flexibility index (Phi) is 75.2. The number of phosphoric ester groups is 2. The van der Waals surface area contributed by atoms with Crippen LogP contribution in [0.1, 0.15) is 349 Å². The smallest absolute Gasteiger partial charge is 0.462 e. The number of allylic oxidation sites excluding steroid dienone is 20. The largest absolute Gasteiger partial charge is 0.472 e. The molecule has 0 heterocycles. The summed E-state index contributed by atoms with van der Waals surface area (Å²) in [6, 6.07) is 0. The second kappa shape index (κ2) is 78.6. The van der Waals surface area contributed by atoms with Crippen molar-refractivity contribution in [1.82, 2.24) is 0 Å². The van der Waals surface area contributed by atoms with Crippen molar-refractivity contribution in [3.05, 3.63) is 122 Å². The first-order valence-corrected chi connectivity index (χ1v) is 44.8. The van der Waals surface area contributed by atoms with Crippen molar-refractivity contribution in [3.8, 4) is 0 Å². The lowest BCUT2D eigenvalue weighted by atomic mass is 10.0. The van der Waals surface area contributed by atoms with E-state index in [1.165, 1.54) is 64.2 Å². The van der Waals surface area contributed by atoms with Gasteiger partial charge in [-0.15, -0.1) is 0 Å². The fourth-order valence-corrected chi connectivity index (χ4v) is 12.8. The molecular weight excluding hydrogens is 1380 g/mol. The molecule has 17 nitrogen and oxygen atoms in total. The number of carbonyl (C=O) groups is 4. The van der Waals surface area contributed by atoms with E-state index in [-0.39, 0.29) is 25.7 Å². The van der Waals surface area contributed by atoms with Crippen LogP contribution in [0.3, 0.4) is 0 Å². The highest BCUT2D eigenvalue weighted by Crippen LogP contribution is 2.45. The average Bonchev–Trinajstić information content (AvgIpc) is 0.909. The van der Waals surface area contributed by atoms with E-state index in [2.05, 4.69) is 149 Å². The Labute approximate surface area is 644 Å². The van der Waals surface area contributed by atoms with Gasteiger partial charge in [0.15, 0.2) is 12.2 Å². The summed E-state index contributed by atoms with van der Waals surface area (Å²) >= 11 is 0. The molecule has 0 aliphatic rings. The number of hydrogen-bond donors (Lipinski definition) is 3. The SMILES string of the molecule is CC/C=C\C/C=C\C/C=C\C/C=C\CCCCCCCCC(=O)OCC(COP(=O)(O)OCC(O)COP(=O)(O)OCC(COC(=O)CCCCCCCCC/C=C\C/C=C\C/C=C\CC)OC(=O)CCCCCCCCCCCCCCCCC)OC(=O)CCCCCCC/C=C\C/C=C\C/C=C\CC. The van der Waals surface area contributed by atoms with E-state index in [0.29, 0.717) is 25.7 Å². The minimum Gasteiger partial charge on any atom is -0.462 e. The summed E-state index contributed by atoms with van der Waals surface area (Å²) in [4.78, 5) is 73.2. The number of carbonyl (C=O) groups excluding carboxylic acids is 4. The summed E-state index contributed by atoms with van der Waals surface area (Å²) in [6.45, 7) is 4.55. The molecule has 0 spiro atoms. The van der Waals surface area contributed by atoms with Crippen LogP contribution in [0.5, 0.6) is 0 Å². The summed E-state index contributed by atoms with van der Waals surface area (Å²) in [5.74, 6) is -2.20. The zero-order valence-electron chi connectivity index (χ0n) is 66.8. The highest BCUT2D eigenvalue weighted by molar-refractivity contribution is 7.47. The molecule has 0 aromatic rings. The van der Waals surface area contributed by atoms with Crippen LogP contribution in [0.4, 0.5) is 0 Å². The molecule has 0 amide bonds. The van der Waals surface area contributed by atoms with E-state index in [1.807, 2.05) is 0 Å². The molecule has 5 unspecified atom stereocenters. The Morgan fingerprint density at radius 3 is 0.755 bits per heavy atom. The van der Waals surface area contributed by atoms with E-state index in [9.17, 15) is 43.2 Å². The normalized spacial score (nSPS) is 14.4. The first kappa shape index (κ1) is 101. The number of ether oxygens (including phenoxy) is 4. The van der Waals surface area contributed by atoms with Crippen LogP contribution in [-0.2, 0) is 65.4 Å². The molecule has 19 heteroatoms. The van der Waals surface area contributed by atoms with Crippen LogP contribution < -0.4 is 0 Å². The summed E-state index contributed by atoms with van der Waals surface area (Å²) in [5, 5.41) is 10.7. The maximum atomic E-state index is 13.1. The summed E-state index contributed by atoms with van der Waals surface area (Å²) in [7, 11) is -9.97. The molecule has 0 bridgehead atoms. The molecule has 5 atom stereocenters. The lowest BCUT2D eigenvalue weighted by Gasteiger charge is -2.21. The molecular formula is C87H150O17P2. The average molecular weight is 1530 g/mol. The fourth-order valence-electron chi connectivity index (χ4n) is 11.2. The van der Waals surface area contributed by atoms with E-state index in [1.54, 1.807) is 0 Å². The molecule has 610 valence electrons. The molecule has 3 N–H and O–H groups in total. The van der Waals surface area contributed by atoms with Gasteiger partial charge in [0, 0.05) is 25.7 Å². The molecule has 0 radical (unpaired) electrons. The Morgan fingerprint density at radius 1 is 0.274 bits per heavy atom. The first-order chi connectivity index (χ1) is 51.7. The maximum Gasteiger partial charge on any atom is 0.472 e. The standard InChI is InChI=1S/C87H150O17P2/c1-5-9-13-17-21-25-29-33-37-39-40-42-46-48-52-56-60-64-68-72-85(90)98-78-83(104-87(92)74-70-66-62-58-54-50-44-36-32-28-24-20-16-12-8-4)80-102-106(95,96)100-76-81(88)75-99-105(93,94)101-79-82(103-86(91)73-69-65-61-57-53-49-43-35-31-27-23-19-15-11-7-3)77-97-84(89)71-67-63-59-55-51-47-45-41-38-34-30-26-22-18-14-10-6-2/h9-10,12-14,16,21-22,24-26,28,33-34,36-38,40,42,44,81-83,88H,5-8,11,15,17-20,23,27,29-32,35,39,41,43,45-80H2,1-4H3,(H,93,94)(H,95,96)/b13-9-,14-10-,16-12-,25-21-,26-22-,28-24-,37-33-,38-34-,42-40-,44-36-. The van der Waals surface area contributed by atoms with Gasteiger partial charge in [0.1, 0.15) is 19.3 Å². The molecule has 0 saturated heterocycles. The monoisotopic (exact) mass is 1530 g/mol. The van der Waals surface area contributed by atoms with Crippen LogP contribution in [-0.4, -0.2) is 96.7 Å². The van der Waals surface area contributed by atoms with Gasteiger partial charge >= 0.3 is 39.5 Å². The van der Waals surface area contributed by atoms with Gasteiger partial charge in [0.2, 0.25) is 0 Å². The number of rotatable bonds is 78. The van der Waals surface area contributed by atoms with Gasteiger partial charge in [-0.1, -0.05) is 316 Å². The number of phosphoric acid groups is 2. The minimum atomic E-state index is -4.99. The van der Waals surface area contributed by atoms with Gasteiger partial charge in [0.05, 0.1) is 26.4 Å². The summed E-state index contributed by atoms with van der Waals surface area (Å²) in [6.07, 6.45) is 87.3. The van der Waals surface area contributed by atoms with Crippen molar-refractivity contribution in [1.29, 1.82) is 0 Å². The van der Waals surface area contributed by atoms with Crippen LogP contribution in [0.25, 0.3) is 0 Å². The second-order valence-corrected chi connectivity index (χ2v) is 30.5. The van der Waals surface area contributed by atoms with Crippen molar-refractivity contribution in [2.75, 3.05) is 39.6 Å². The van der Waals surface area contributed by atoms with Crippen molar-refractivity contribution >= 4 is 39.5 Å². The number of aliphatic hydroxyl groups is 1. The molecule has 0 fully saturated rings. The van der Waals surface area contributed by atoms with Crippen LogP contribution in [0.2, 0.25) is 0 Å². The van der Waals surface area contributed by atoms with Gasteiger partial charge in [0.25, 0.3) is 0 Å². The zero-order chi connectivity index (χ0) is 77.4. The second-order valence-electron chi connectivity index (χ2n) is 27.6. The van der Waals surface area contributed by atoms with Gasteiger partial charge in [-0.25, -0.2) is 9.13 Å². The maximum absolute atomic E-state index is 13.1. The molecule has 0 rings (SSSR count). The third-order valence-corrected chi connectivity index (χ3v) is 19.3. The van der Waals surface area contributed by atoms with Crippen molar-refractivity contribution in [3.63, 3.8) is 0 Å². The van der Waals surface area contributed by atoms with Gasteiger partial charge < -0.3 is 33.8 Å². The molecule has 0 saturated carbocycles. The number of hydrogen-bond acceptors (Lipinski definition) is 15. The van der Waals surface area contributed by atoms with E-state index in [0.717, 1.165) is 205 Å². The Hall–Kier alpha value is -4.54. The zero-order valence-corrected chi connectivity index (χ0v) is 68.6. The third kappa shape index (κ3) is 77.6. The van der Waals surface area contributed by atoms with Crippen molar-refractivity contribution < 1.29 is 80.2 Å². The number of esters is 4. The van der Waals surface area contributed by atoms with Gasteiger partial charge in [-0.3, -0.25) is 37.3 Å². The molecule has 0 aromatic heterocycles. The summed E-state index contributed by atoms with van der Waals surface area (Å²) < 4.78 is 68.8. The molecule has 0 aliphatic carbocycles. The Balaban J connectivity index is 5.37. The first-order valence-electron chi connectivity index (χ1n) is 41.8. The minimum absolute atomic E-state index is 0.0705. The Bertz CT molecular complexity index is 2480. The topological polar surface area (TPSA) is 237 Å².